The van der Waals surface area contributed by atoms with Crippen molar-refractivity contribution in [1.82, 2.24) is 5.32 Å². The normalized spacial score (nSPS) is 41.7. The zero-order valence-electron chi connectivity index (χ0n) is 12.3. The smallest absolute Gasteiger partial charge is 0.0208 e. The molecule has 0 unspecified atom stereocenters. The van der Waals surface area contributed by atoms with Crippen molar-refractivity contribution in [3.8, 4) is 0 Å². The minimum Gasteiger partial charge on any atom is -0.312 e. The van der Waals surface area contributed by atoms with Crippen molar-refractivity contribution in [2.45, 2.75) is 51.0 Å². The fraction of sp³-hybridized carbons (Fsp3) is 0.684. The van der Waals surface area contributed by atoms with Gasteiger partial charge in [0.1, 0.15) is 0 Å². The van der Waals surface area contributed by atoms with Gasteiger partial charge in [-0.2, -0.15) is 0 Å². The molecule has 4 aliphatic carbocycles. The summed E-state index contributed by atoms with van der Waals surface area (Å²) < 4.78 is 0. The molecule has 0 atom stereocenters. The SMILES string of the molecule is c1cc2c(cc1C1C3CC4CC(C3)CC1C4)CCNC2. The van der Waals surface area contributed by atoms with E-state index in [0.717, 1.165) is 42.7 Å². The summed E-state index contributed by atoms with van der Waals surface area (Å²) in [6, 6.07) is 7.48. The van der Waals surface area contributed by atoms with Crippen molar-refractivity contribution in [1.29, 1.82) is 0 Å². The largest absolute Gasteiger partial charge is 0.312 e. The predicted octanol–water partition coefficient (Wildman–Crippen LogP) is 3.87. The Kier molecular flexibility index (Phi) is 2.56. The lowest BCUT2D eigenvalue weighted by molar-refractivity contribution is -0.00280. The average Bonchev–Trinajstić information content (AvgIpc) is 2.46. The van der Waals surface area contributed by atoms with Crippen molar-refractivity contribution in [3.05, 3.63) is 34.9 Å². The first-order valence-corrected chi connectivity index (χ1v) is 8.69. The molecule has 1 aromatic rings. The second-order valence-corrected chi connectivity index (χ2v) is 7.91. The lowest BCUT2D eigenvalue weighted by Gasteiger charge is -2.54. The van der Waals surface area contributed by atoms with Crippen molar-refractivity contribution >= 4 is 0 Å². The first kappa shape index (κ1) is 11.8. The summed E-state index contributed by atoms with van der Waals surface area (Å²) in [4.78, 5) is 0. The van der Waals surface area contributed by atoms with E-state index in [1.165, 1.54) is 32.1 Å². The zero-order chi connectivity index (χ0) is 13.1. The molecule has 6 rings (SSSR count). The Bertz CT molecular complexity index is 505. The van der Waals surface area contributed by atoms with E-state index in [0.29, 0.717) is 0 Å². The van der Waals surface area contributed by atoms with Gasteiger partial charge in [0.25, 0.3) is 0 Å². The van der Waals surface area contributed by atoms with Crippen LogP contribution in [0, 0.1) is 23.7 Å². The summed E-state index contributed by atoms with van der Waals surface area (Å²) in [6.07, 6.45) is 8.95. The number of hydrogen-bond acceptors (Lipinski definition) is 1. The number of hydrogen-bond donors (Lipinski definition) is 1. The van der Waals surface area contributed by atoms with Crippen molar-refractivity contribution < 1.29 is 0 Å². The summed E-state index contributed by atoms with van der Waals surface area (Å²) in [5.41, 5.74) is 4.87. The van der Waals surface area contributed by atoms with E-state index >= 15 is 0 Å². The quantitative estimate of drug-likeness (QED) is 0.814. The maximum Gasteiger partial charge on any atom is 0.0208 e. The number of nitrogens with one attached hydrogen (secondary N) is 1. The molecule has 5 aliphatic rings. The second-order valence-electron chi connectivity index (χ2n) is 7.91. The highest BCUT2D eigenvalue weighted by molar-refractivity contribution is 5.36. The molecule has 1 aromatic carbocycles. The van der Waals surface area contributed by atoms with E-state index in [-0.39, 0.29) is 0 Å². The van der Waals surface area contributed by atoms with Crippen LogP contribution in [0.15, 0.2) is 18.2 Å². The summed E-state index contributed by atoms with van der Waals surface area (Å²) in [5, 5.41) is 3.49. The molecule has 0 amide bonds. The summed E-state index contributed by atoms with van der Waals surface area (Å²) in [7, 11) is 0. The Morgan fingerprint density at radius 2 is 1.60 bits per heavy atom. The number of benzene rings is 1. The van der Waals surface area contributed by atoms with Crippen LogP contribution in [0.5, 0.6) is 0 Å². The molecule has 4 fully saturated rings. The Morgan fingerprint density at radius 1 is 0.850 bits per heavy atom. The molecule has 0 radical (unpaired) electrons. The van der Waals surface area contributed by atoms with Gasteiger partial charge in [0, 0.05) is 6.54 Å². The van der Waals surface area contributed by atoms with Gasteiger partial charge in [-0.05, 0) is 91.3 Å². The lowest BCUT2D eigenvalue weighted by atomic mass is 9.50. The monoisotopic (exact) mass is 267 g/mol. The molecule has 0 saturated heterocycles. The molecule has 106 valence electrons. The molecule has 0 aromatic heterocycles. The molecule has 4 saturated carbocycles. The molecular weight excluding hydrogens is 242 g/mol. The van der Waals surface area contributed by atoms with E-state index in [1.54, 1.807) is 23.1 Å². The van der Waals surface area contributed by atoms with Crippen molar-refractivity contribution in [2.75, 3.05) is 6.54 Å². The highest BCUT2D eigenvalue weighted by atomic mass is 14.9. The van der Waals surface area contributed by atoms with E-state index in [2.05, 4.69) is 23.5 Å². The van der Waals surface area contributed by atoms with Gasteiger partial charge in [0.05, 0.1) is 0 Å². The minimum atomic E-state index is 0.906. The van der Waals surface area contributed by atoms with Crippen LogP contribution in [0.1, 0.15) is 54.7 Å². The molecule has 1 heterocycles. The number of rotatable bonds is 1. The Balaban J connectivity index is 1.50. The van der Waals surface area contributed by atoms with E-state index in [1.807, 2.05) is 0 Å². The van der Waals surface area contributed by atoms with Crippen LogP contribution in [-0.4, -0.2) is 6.54 Å². The molecule has 0 spiro atoms. The van der Waals surface area contributed by atoms with Crippen LogP contribution in [-0.2, 0) is 13.0 Å². The average molecular weight is 267 g/mol. The maximum atomic E-state index is 3.49. The second kappa shape index (κ2) is 4.34. The van der Waals surface area contributed by atoms with Gasteiger partial charge in [0.15, 0.2) is 0 Å². The minimum absolute atomic E-state index is 0.906. The van der Waals surface area contributed by atoms with Crippen LogP contribution in [0.2, 0.25) is 0 Å². The van der Waals surface area contributed by atoms with Gasteiger partial charge in [-0.15, -0.1) is 0 Å². The molecule has 4 bridgehead atoms. The molecular formula is C19H25N. The van der Waals surface area contributed by atoms with Gasteiger partial charge < -0.3 is 5.32 Å². The summed E-state index contributed by atoms with van der Waals surface area (Å²) >= 11 is 0. The predicted molar refractivity (Wildman–Crippen MR) is 81.6 cm³/mol. The van der Waals surface area contributed by atoms with E-state index in [9.17, 15) is 0 Å². The molecule has 1 aliphatic heterocycles. The van der Waals surface area contributed by atoms with Gasteiger partial charge in [0.2, 0.25) is 0 Å². The molecule has 1 heteroatoms. The first-order chi connectivity index (χ1) is 9.87. The Labute approximate surface area is 122 Å². The van der Waals surface area contributed by atoms with Crippen LogP contribution in [0.3, 0.4) is 0 Å². The summed E-state index contributed by atoms with van der Waals surface area (Å²) in [5.74, 6) is 5.13. The third kappa shape index (κ3) is 1.72. The van der Waals surface area contributed by atoms with E-state index < -0.39 is 0 Å². The van der Waals surface area contributed by atoms with Gasteiger partial charge in [-0.1, -0.05) is 18.2 Å². The van der Waals surface area contributed by atoms with E-state index in [4.69, 9.17) is 0 Å². The van der Waals surface area contributed by atoms with Crippen LogP contribution in [0.4, 0.5) is 0 Å². The van der Waals surface area contributed by atoms with Crippen molar-refractivity contribution in [3.63, 3.8) is 0 Å². The third-order valence-corrected chi connectivity index (χ3v) is 6.73. The highest BCUT2D eigenvalue weighted by Gasteiger charge is 2.48. The maximum absolute atomic E-state index is 3.49. The summed E-state index contributed by atoms with van der Waals surface area (Å²) in [6.45, 7) is 2.25. The van der Waals surface area contributed by atoms with Gasteiger partial charge >= 0.3 is 0 Å². The molecule has 1 nitrogen and oxygen atoms in total. The zero-order valence-corrected chi connectivity index (χ0v) is 12.3. The van der Waals surface area contributed by atoms with Crippen molar-refractivity contribution in [2.24, 2.45) is 23.7 Å². The Hall–Kier alpha value is -0.820. The third-order valence-electron chi connectivity index (χ3n) is 6.73. The van der Waals surface area contributed by atoms with Gasteiger partial charge in [-0.3, -0.25) is 0 Å². The molecule has 1 N–H and O–H groups in total. The van der Waals surface area contributed by atoms with Crippen LogP contribution >= 0.6 is 0 Å². The topological polar surface area (TPSA) is 12.0 Å². The molecule has 20 heavy (non-hydrogen) atoms. The van der Waals surface area contributed by atoms with Crippen LogP contribution in [0.25, 0.3) is 0 Å². The Morgan fingerprint density at radius 3 is 2.35 bits per heavy atom. The number of fused-ring (bicyclic) bond motifs is 1. The van der Waals surface area contributed by atoms with Gasteiger partial charge in [-0.25, -0.2) is 0 Å². The standard InChI is InChI=1S/C19H25N/c1-2-16-11-20-4-3-14(16)10-15(1)19-17-6-12-5-13(8-17)9-18(19)7-12/h1-2,10,12-13,17-20H,3-9,11H2. The first-order valence-electron chi connectivity index (χ1n) is 8.69. The van der Waals surface area contributed by atoms with Crippen LogP contribution < -0.4 is 5.32 Å². The lowest BCUT2D eigenvalue weighted by Crippen LogP contribution is -2.43. The fourth-order valence-corrected chi connectivity index (χ4v) is 6.17. The fourth-order valence-electron chi connectivity index (χ4n) is 6.17. The highest BCUT2D eigenvalue weighted by Crippen LogP contribution is 2.59.